The maximum absolute atomic E-state index is 12.1. The van der Waals surface area contributed by atoms with E-state index in [1.54, 1.807) is 12.1 Å². The number of amides is 1. The fourth-order valence-electron chi connectivity index (χ4n) is 1.81. The average molecular weight is 299 g/mol. The molecule has 0 unspecified atom stereocenters. The molecule has 1 heterocycles. The largest absolute Gasteiger partial charge is 0.363 e. The zero-order valence-electron chi connectivity index (χ0n) is 12.6. The lowest BCUT2D eigenvalue weighted by atomic mass is 10.2. The predicted molar refractivity (Wildman–Crippen MR) is 83.7 cm³/mol. The Kier molecular flexibility index (Phi) is 6.75. The van der Waals surface area contributed by atoms with Crippen molar-refractivity contribution in [3.8, 4) is 0 Å². The highest BCUT2D eigenvalue weighted by atomic mass is 35.5. The fourth-order valence-corrected chi connectivity index (χ4v) is 2.02. The maximum Gasteiger partial charge on any atom is 0.251 e. The number of carbonyl (C=O) groups is 1. The van der Waals surface area contributed by atoms with Crippen LogP contribution in [0, 0.1) is 0 Å². The van der Waals surface area contributed by atoms with Gasteiger partial charge in [0.2, 0.25) is 0 Å². The second kappa shape index (κ2) is 8.07. The van der Waals surface area contributed by atoms with E-state index in [2.05, 4.69) is 29.0 Å². The van der Waals surface area contributed by atoms with Gasteiger partial charge in [-0.25, -0.2) is 4.98 Å². The Morgan fingerprint density at radius 2 is 1.95 bits per heavy atom. The first-order chi connectivity index (χ1) is 9.47. The van der Waals surface area contributed by atoms with Gasteiger partial charge in [-0.15, -0.1) is 0 Å². The molecule has 1 N–H and O–H groups in total. The second-order valence-electron chi connectivity index (χ2n) is 4.71. The Balaban J connectivity index is 2.63. The van der Waals surface area contributed by atoms with E-state index in [1.165, 1.54) is 0 Å². The van der Waals surface area contributed by atoms with Crippen molar-refractivity contribution in [2.45, 2.75) is 13.8 Å². The van der Waals surface area contributed by atoms with Gasteiger partial charge in [0, 0.05) is 32.7 Å². The first kappa shape index (κ1) is 16.7. The van der Waals surface area contributed by atoms with Gasteiger partial charge >= 0.3 is 0 Å². The van der Waals surface area contributed by atoms with E-state index in [9.17, 15) is 4.79 Å². The molecule has 1 aromatic heterocycles. The molecule has 0 aliphatic heterocycles. The maximum atomic E-state index is 12.1. The van der Waals surface area contributed by atoms with Crippen molar-refractivity contribution >= 4 is 23.3 Å². The zero-order chi connectivity index (χ0) is 15.1. The van der Waals surface area contributed by atoms with Crippen molar-refractivity contribution < 1.29 is 4.79 Å². The topological polar surface area (TPSA) is 48.5 Å². The van der Waals surface area contributed by atoms with Gasteiger partial charge in [0.1, 0.15) is 11.0 Å². The Hall–Kier alpha value is -1.33. The number of rotatable bonds is 7. The monoisotopic (exact) mass is 298 g/mol. The number of halogens is 1. The molecular formula is C14H23ClN4O. The lowest BCUT2D eigenvalue weighted by molar-refractivity contribution is 0.0949. The number of hydrogen-bond acceptors (Lipinski definition) is 4. The number of hydrogen-bond donors (Lipinski definition) is 1. The van der Waals surface area contributed by atoms with E-state index >= 15 is 0 Å². The minimum absolute atomic E-state index is 0.121. The molecule has 0 saturated carbocycles. The summed E-state index contributed by atoms with van der Waals surface area (Å²) in [5.74, 6) is 0.552. The third-order valence-corrected chi connectivity index (χ3v) is 3.30. The van der Waals surface area contributed by atoms with Crippen LogP contribution in [-0.4, -0.2) is 56.1 Å². The molecule has 0 spiro atoms. The number of nitrogens with zero attached hydrogens (tertiary/aromatic N) is 3. The predicted octanol–water partition coefficient (Wildman–Crippen LogP) is 1.87. The third-order valence-electron chi connectivity index (χ3n) is 3.11. The molecule has 0 bridgehead atoms. The van der Waals surface area contributed by atoms with Crippen LogP contribution < -0.4 is 10.2 Å². The molecule has 0 aliphatic carbocycles. The molecule has 1 amide bonds. The summed E-state index contributed by atoms with van der Waals surface area (Å²) in [7, 11) is 3.72. The number of nitrogens with one attached hydrogen (secondary N) is 1. The van der Waals surface area contributed by atoms with E-state index in [1.807, 2.05) is 19.0 Å². The molecule has 5 nitrogen and oxygen atoms in total. The zero-order valence-corrected chi connectivity index (χ0v) is 13.4. The summed E-state index contributed by atoms with van der Waals surface area (Å²) in [6.45, 7) is 7.65. The van der Waals surface area contributed by atoms with Gasteiger partial charge in [0.25, 0.3) is 5.91 Å². The Bertz CT molecular complexity index is 447. The van der Waals surface area contributed by atoms with Crippen LogP contribution in [-0.2, 0) is 0 Å². The summed E-state index contributed by atoms with van der Waals surface area (Å²) >= 11 is 5.94. The minimum atomic E-state index is -0.121. The fraction of sp³-hybridized carbons (Fsp3) is 0.571. The normalized spacial score (nSPS) is 10.7. The highest BCUT2D eigenvalue weighted by Gasteiger charge is 2.10. The van der Waals surface area contributed by atoms with Crippen molar-refractivity contribution in [3.63, 3.8) is 0 Å². The summed E-state index contributed by atoms with van der Waals surface area (Å²) in [5, 5.41) is 3.23. The number of likely N-dealkylation sites (N-methyl/N-ethyl adjacent to an activating group) is 1. The van der Waals surface area contributed by atoms with Crippen LogP contribution in [0.3, 0.4) is 0 Å². The van der Waals surface area contributed by atoms with Gasteiger partial charge in [-0.3, -0.25) is 4.79 Å². The standard InChI is InChI=1S/C14H23ClN4O/c1-5-19(6-2)8-7-16-14(20)11-9-12(15)17-13(10-11)18(3)4/h9-10H,5-8H2,1-4H3,(H,16,20). The summed E-state index contributed by atoms with van der Waals surface area (Å²) < 4.78 is 0. The van der Waals surface area contributed by atoms with E-state index in [4.69, 9.17) is 11.6 Å². The van der Waals surface area contributed by atoms with Crippen molar-refractivity contribution in [3.05, 3.63) is 22.8 Å². The molecule has 0 radical (unpaired) electrons. The molecule has 0 aromatic carbocycles. The van der Waals surface area contributed by atoms with E-state index in [0.29, 0.717) is 23.1 Å². The van der Waals surface area contributed by atoms with Crippen molar-refractivity contribution in [2.75, 3.05) is 45.2 Å². The molecule has 1 rings (SSSR count). The van der Waals surface area contributed by atoms with Gasteiger partial charge in [-0.2, -0.15) is 0 Å². The molecule has 0 fully saturated rings. The molecule has 0 aliphatic rings. The second-order valence-corrected chi connectivity index (χ2v) is 5.10. The van der Waals surface area contributed by atoms with Crippen LogP contribution in [0.1, 0.15) is 24.2 Å². The highest BCUT2D eigenvalue weighted by molar-refractivity contribution is 6.29. The molecular weight excluding hydrogens is 276 g/mol. The van der Waals surface area contributed by atoms with Gasteiger partial charge < -0.3 is 15.1 Å². The molecule has 0 atom stereocenters. The first-order valence-electron chi connectivity index (χ1n) is 6.83. The van der Waals surface area contributed by atoms with Crippen molar-refractivity contribution in [2.24, 2.45) is 0 Å². The molecule has 6 heteroatoms. The smallest absolute Gasteiger partial charge is 0.251 e. The van der Waals surface area contributed by atoms with Gasteiger partial charge in [-0.1, -0.05) is 25.4 Å². The minimum Gasteiger partial charge on any atom is -0.363 e. The third kappa shape index (κ3) is 4.98. The van der Waals surface area contributed by atoms with Gasteiger partial charge in [-0.05, 0) is 25.2 Å². The van der Waals surface area contributed by atoms with E-state index in [0.717, 1.165) is 19.6 Å². The van der Waals surface area contributed by atoms with Crippen LogP contribution in [0.2, 0.25) is 5.15 Å². The lowest BCUT2D eigenvalue weighted by Gasteiger charge is -2.18. The van der Waals surface area contributed by atoms with Crippen LogP contribution >= 0.6 is 11.6 Å². The Morgan fingerprint density at radius 1 is 1.30 bits per heavy atom. The molecule has 112 valence electrons. The van der Waals surface area contributed by atoms with Gasteiger partial charge in [0.15, 0.2) is 0 Å². The molecule has 1 aromatic rings. The number of carbonyl (C=O) groups excluding carboxylic acids is 1. The summed E-state index contributed by atoms with van der Waals surface area (Å²) in [6.07, 6.45) is 0. The van der Waals surface area contributed by atoms with Crippen LogP contribution in [0.5, 0.6) is 0 Å². The molecule has 20 heavy (non-hydrogen) atoms. The van der Waals surface area contributed by atoms with Crippen molar-refractivity contribution in [1.29, 1.82) is 0 Å². The summed E-state index contributed by atoms with van der Waals surface area (Å²) in [5.41, 5.74) is 0.535. The van der Waals surface area contributed by atoms with E-state index in [-0.39, 0.29) is 5.91 Å². The summed E-state index contributed by atoms with van der Waals surface area (Å²) in [6, 6.07) is 3.32. The highest BCUT2D eigenvalue weighted by Crippen LogP contribution is 2.16. The number of anilines is 1. The quantitative estimate of drug-likeness (QED) is 0.781. The van der Waals surface area contributed by atoms with Gasteiger partial charge in [0.05, 0.1) is 0 Å². The van der Waals surface area contributed by atoms with E-state index < -0.39 is 0 Å². The SMILES string of the molecule is CCN(CC)CCNC(=O)c1cc(Cl)nc(N(C)C)c1. The van der Waals surface area contributed by atoms with Crippen LogP contribution in [0.4, 0.5) is 5.82 Å². The first-order valence-corrected chi connectivity index (χ1v) is 7.21. The number of aromatic nitrogens is 1. The average Bonchev–Trinajstić information content (AvgIpc) is 2.42. The van der Waals surface area contributed by atoms with Crippen LogP contribution in [0.15, 0.2) is 12.1 Å². The van der Waals surface area contributed by atoms with Crippen LogP contribution in [0.25, 0.3) is 0 Å². The van der Waals surface area contributed by atoms with Crippen molar-refractivity contribution in [1.82, 2.24) is 15.2 Å². The Labute approximate surface area is 125 Å². The Morgan fingerprint density at radius 3 is 2.50 bits per heavy atom. The summed E-state index contributed by atoms with van der Waals surface area (Å²) in [4.78, 5) is 20.3. The lowest BCUT2D eigenvalue weighted by Crippen LogP contribution is -2.34. The molecule has 0 saturated heterocycles. The number of pyridine rings is 1.